The monoisotopic (exact) mass is 377 g/mol. The van der Waals surface area contributed by atoms with Crippen LogP contribution in [0.5, 0.6) is 5.75 Å². The molecule has 0 radical (unpaired) electrons. The van der Waals surface area contributed by atoms with Crippen LogP contribution in [0, 0.1) is 0 Å². The Balaban J connectivity index is 1.73. The number of hydrogen-bond donors (Lipinski definition) is 1. The van der Waals surface area contributed by atoms with Gasteiger partial charge in [0.25, 0.3) is 5.91 Å². The lowest BCUT2D eigenvalue weighted by Gasteiger charge is -2.08. The molecule has 3 rings (SSSR count). The van der Waals surface area contributed by atoms with Crippen LogP contribution in [0.3, 0.4) is 0 Å². The SMILES string of the molecule is COc1ccc(-n2nnnc2CNC(=O)c2ccc(Cl)cc2Cl)cc1. The number of tetrazole rings is 1. The molecular weight excluding hydrogens is 365 g/mol. The molecule has 0 unspecified atom stereocenters. The minimum atomic E-state index is -0.342. The van der Waals surface area contributed by atoms with Crippen LogP contribution in [0.15, 0.2) is 42.5 Å². The van der Waals surface area contributed by atoms with Gasteiger partial charge in [0.2, 0.25) is 0 Å². The van der Waals surface area contributed by atoms with Crippen LogP contribution in [-0.4, -0.2) is 33.2 Å². The Hall–Kier alpha value is -2.64. The van der Waals surface area contributed by atoms with Crippen LogP contribution >= 0.6 is 23.2 Å². The van der Waals surface area contributed by atoms with Crippen molar-refractivity contribution in [2.45, 2.75) is 6.54 Å². The topological polar surface area (TPSA) is 81.9 Å². The summed E-state index contributed by atoms with van der Waals surface area (Å²) in [5, 5.41) is 15.0. The predicted molar refractivity (Wildman–Crippen MR) is 93.3 cm³/mol. The van der Waals surface area contributed by atoms with Gasteiger partial charge in [-0.25, -0.2) is 0 Å². The summed E-state index contributed by atoms with van der Waals surface area (Å²) in [6.45, 7) is 0.136. The number of halogens is 2. The number of benzene rings is 2. The molecule has 0 aliphatic carbocycles. The van der Waals surface area contributed by atoms with E-state index in [4.69, 9.17) is 27.9 Å². The van der Waals surface area contributed by atoms with Gasteiger partial charge in [-0.1, -0.05) is 23.2 Å². The Kier molecular flexibility index (Phi) is 5.16. The number of methoxy groups -OCH3 is 1. The number of rotatable bonds is 5. The van der Waals surface area contributed by atoms with E-state index in [9.17, 15) is 4.79 Å². The third-order valence-electron chi connectivity index (χ3n) is 3.43. The smallest absolute Gasteiger partial charge is 0.253 e. The lowest BCUT2D eigenvalue weighted by atomic mass is 10.2. The number of carbonyl (C=O) groups is 1. The van der Waals surface area contributed by atoms with Crippen molar-refractivity contribution in [3.05, 3.63) is 63.9 Å². The molecule has 1 N–H and O–H groups in total. The van der Waals surface area contributed by atoms with E-state index in [2.05, 4.69) is 20.8 Å². The number of amides is 1. The predicted octanol–water partition coefficient (Wildman–Crippen LogP) is 2.91. The lowest BCUT2D eigenvalue weighted by Crippen LogP contribution is -2.25. The molecule has 0 aliphatic rings. The Morgan fingerprint density at radius 1 is 1.20 bits per heavy atom. The van der Waals surface area contributed by atoms with Crippen LogP contribution in [0.1, 0.15) is 16.2 Å². The molecular formula is C16H13Cl2N5O2. The maximum atomic E-state index is 12.3. The molecule has 0 saturated carbocycles. The first-order valence-electron chi connectivity index (χ1n) is 7.23. The van der Waals surface area contributed by atoms with E-state index in [0.29, 0.717) is 16.4 Å². The minimum absolute atomic E-state index is 0.136. The summed E-state index contributed by atoms with van der Waals surface area (Å²) in [4.78, 5) is 12.3. The van der Waals surface area contributed by atoms with Gasteiger partial charge in [-0.05, 0) is 52.9 Å². The van der Waals surface area contributed by atoms with Gasteiger partial charge in [-0.15, -0.1) is 5.10 Å². The van der Waals surface area contributed by atoms with E-state index in [-0.39, 0.29) is 17.5 Å². The fraction of sp³-hybridized carbons (Fsp3) is 0.125. The first kappa shape index (κ1) is 17.2. The molecule has 1 heterocycles. The molecule has 0 atom stereocenters. The van der Waals surface area contributed by atoms with Gasteiger partial charge < -0.3 is 10.1 Å². The summed E-state index contributed by atoms with van der Waals surface area (Å²) in [6.07, 6.45) is 0. The highest BCUT2D eigenvalue weighted by Gasteiger charge is 2.13. The van der Waals surface area contributed by atoms with Crippen LogP contribution < -0.4 is 10.1 Å². The molecule has 0 spiro atoms. The third kappa shape index (κ3) is 3.89. The minimum Gasteiger partial charge on any atom is -0.497 e. The number of aromatic nitrogens is 4. The van der Waals surface area contributed by atoms with Gasteiger partial charge in [0, 0.05) is 5.02 Å². The van der Waals surface area contributed by atoms with E-state index >= 15 is 0 Å². The molecule has 128 valence electrons. The summed E-state index contributed by atoms with van der Waals surface area (Å²) in [5.41, 5.74) is 1.08. The van der Waals surface area contributed by atoms with Crippen LogP contribution in [-0.2, 0) is 6.54 Å². The van der Waals surface area contributed by atoms with Gasteiger partial charge in [0.15, 0.2) is 5.82 Å². The summed E-state index contributed by atoms with van der Waals surface area (Å²) in [5.74, 6) is 0.860. The van der Waals surface area contributed by atoms with Gasteiger partial charge in [0.1, 0.15) is 5.75 Å². The highest BCUT2D eigenvalue weighted by Crippen LogP contribution is 2.21. The van der Waals surface area contributed by atoms with Gasteiger partial charge in [-0.2, -0.15) is 4.68 Å². The van der Waals surface area contributed by atoms with Crippen molar-refractivity contribution in [3.8, 4) is 11.4 Å². The lowest BCUT2D eigenvalue weighted by molar-refractivity contribution is 0.0950. The van der Waals surface area contributed by atoms with Gasteiger partial charge in [-0.3, -0.25) is 4.79 Å². The maximum Gasteiger partial charge on any atom is 0.253 e. The zero-order valence-electron chi connectivity index (χ0n) is 13.1. The van der Waals surface area contributed by atoms with Crippen molar-refractivity contribution in [1.29, 1.82) is 0 Å². The van der Waals surface area contributed by atoms with Crippen molar-refractivity contribution in [1.82, 2.24) is 25.5 Å². The van der Waals surface area contributed by atoms with Gasteiger partial charge in [0.05, 0.1) is 29.9 Å². The molecule has 1 aromatic heterocycles. The molecule has 1 amide bonds. The van der Waals surface area contributed by atoms with E-state index in [1.807, 2.05) is 12.1 Å². The van der Waals surface area contributed by atoms with Gasteiger partial charge >= 0.3 is 0 Å². The highest BCUT2D eigenvalue weighted by molar-refractivity contribution is 6.36. The summed E-state index contributed by atoms with van der Waals surface area (Å²) >= 11 is 11.9. The molecule has 2 aromatic carbocycles. The van der Waals surface area contributed by atoms with E-state index in [0.717, 1.165) is 11.4 Å². The fourth-order valence-corrected chi connectivity index (χ4v) is 2.66. The molecule has 25 heavy (non-hydrogen) atoms. The van der Waals surface area contributed by atoms with E-state index in [1.165, 1.54) is 10.7 Å². The number of carbonyl (C=O) groups excluding carboxylic acids is 1. The maximum absolute atomic E-state index is 12.3. The van der Waals surface area contributed by atoms with Crippen LogP contribution in [0.2, 0.25) is 10.0 Å². The second kappa shape index (κ2) is 7.50. The van der Waals surface area contributed by atoms with Crippen molar-refractivity contribution in [3.63, 3.8) is 0 Å². The Morgan fingerprint density at radius 3 is 2.64 bits per heavy atom. The first-order valence-corrected chi connectivity index (χ1v) is 7.99. The molecule has 0 fully saturated rings. The Labute approximate surface area is 153 Å². The molecule has 0 aliphatic heterocycles. The molecule has 3 aromatic rings. The first-order chi connectivity index (χ1) is 12.1. The zero-order chi connectivity index (χ0) is 17.8. The third-order valence-corrected chi connectivity index (χ3v) is 3.98. The van der Waals surface area contributed by atoms with E-state index < -0.39 is 0 Å². The number of ether oxygens (including phenoxy) is 1. The molecule has 0 saturated heterocycles. The Bertz CT molecular complexity index is 896. The summed E-state index contributed by atoms with van der Waals surface area (Å²) in [7, 11) is 1.59. The molecule has 9 heteroatoms. The summed E-state index contributed by atoms with van der Waals surface area (Å²) < 4.78 is 6.66. The second-order valence-corrected chi connectivity index (χ2v) is 5.86. The Morgan fingerprint density at radius 2 is 1.96 bits per heavy atom. The van der Waals surface area contributed by atoms with Crippen molar-refractivity contribution in [2.24, 2.45) is 0 Å². The number of hydrogen-bond acceptors (Lipinski definition) is 5. The largest absolute Gasteiger partial charge is 0.497 e. The molecule has 0 bridgehead atoms. The van der Waals surface area contributed by atoms with Crippen molar-refractivity contribution < 1.29 is 9.53 Å². The van der Waals surface area contributed by atoms with Crippen molar-refractivity contribution in [2.75, 3.05) is 7.11 Å². The van der Waals surface area contributed by atoms with Crippen LogP contribution in [0.25, 0.3) is 5.69 Å². The quantitative estimate of drug-likeness (QED) is 0.738. The standard InChI is InChI=1S/C16H13Cl2N5O2/c1-25-12-5-3-11(4-6-12)23-15(20-21-22-23)9-19-16(24)13-7-2-10(17)8-14(13)18/h2-8H,9H2,1H3,(H,19,24). The number of nitrogens with one attached hydrogen (secondary N) is 1. The highest BCUT2D eigenvalue weighted by atomic mass is 35.5. The summed E-state index contributed by atoms with van der Waals surface area (Å²) in [6, 6.07) is 11.9. The number of nitrogens with zero attached hydrogens (tertiary/aromatic N) is 4. The zero-order valence-corrected chi connectivity index (χ0v) is 14.6. The van der Waals surface area contributed by atoms with E-state index in [1.54, 1.807) is 31.4 Å². The normalized spacial score (nSPS) is 10.5. The average Bonchev–Trinajstić information content (AvgIpc) is 3.08. The molecule has 7 nitrogen and oxygen atoms in total. The fourth-order valence-electron chi connectivity index (χ4n) is 2.17. The van der Waals surface area contributed by atoms with Crippen LogP contribution in [0.4, 0.5) is 0 Å². The van der Waals surface area contributed by atoms with Crippen molar-refractivity contribution >= 4 is 29.1 Å². The average molecular weight is 378 g/mol. The second-order valence-electron chi connectivity index (χ2n) is 5.01.